The highest BCUT2D eigenvalue weighted by atomic mass is 32.2. The Morgan fingerprint density at radius 3 is 2.45 bits per heavy atom. The SMILES string of the molecule is CC(C)(C)OC(=O)NCCC(=O)NNC(=O)c1ccc(CSc2nc3ccccc3[nH]2)cc1. The highest BCUT2D eigenvalue weighted by Crippen LogP contribution is 2.23. The number of benzene rings is 2. The number of carbonyl (C=O) groups excluding carboxylic acids is 3. The first kappa shape index (κ1) is 24.1. The first-order valence-corrected chi connectivity index (χ1v) is 11.4. The molecule has 0 saturated carbocycles. The number of hydrazine groups is 1. The van der Waals surface area contributed by atoms with Gasteiger partial charge in [-0.2, -0.15) is 0 Å². The number of H-pyrrole nitrogens is 1. The van der Waals surface area contributed by atoms with Crippen LogP contribution in [-0.2, 0) is 15.3 Å². The molecule has 10 heteroatoms. The number of thioether (sulfide) groups is 1. The summed E-state index contributed by atoms with van der Waals surface area (Å²) in [6.07, 6.45) is -0.602. The number of nitrogens with one attached hydrogen (secondary N) is 4. The van der Waals surface area contributed by atoms with Gasteiger partial charge in [0.25, 0.3) is 5.91 Å². The van der Waals surface area contributed by atoms with Gasteiger partial charge in [0.2, 0.25) is 5.91 Å². The lowest BCUT2D eigenvalue weighted by Gasteiger charge is -2.19. The summed E-state index contributed by atoms with van der Waals surface area (Å²) in [4.78, 5) is 43.4. The van der Waals surface area contributed by atoms with Crippen molar-refractivity contribution in [2.45, 2.75) is 43.7 Å². The van der Waals surface area contributed by atoms with Gasteiger partial charge in [-0.25, -0.2) is 9.78 Å². The molecule has 2 aromatic carbocycles. The van der Waals surface area contributed by atoms with Crippen LogP contribution in [0.3, 0.4) is 0 Å². The summed E-state index contributed by atoms with van der Waals surface area (Å²) in [7, 11) is 0. The van der Waals surface area contributed by atoms with E-state index in [1.807, 2.05) is 36.4 Å². The fourth-order valence-corrected chi connectivity index (χ4v) is 3.60. The van der Waals surface area contributed by atoms with Crippen molar-refractivity contribution in [1.29, 1.82) is 0 Å². The predicted molar refractivity (Wildman–Crippen MR) is 127 cm³/mol. The van der Waals surface area contributed by atoms with Gasteiger partial charge in [-0.3, -0.25) is 20.4 Å². The molecule has 0 unspecified atom stereocenters. The van der Waals surface area contributed by atoms with Crippen molar-refractivity contribution in [3.8, 4) is 0 Å². The number of rotatable bonds is 7. The molecular weight excluding hydrogens is 442 g/mol. The standard InChI is InChI=1S/C23H27N5O4S/c1-23(2,3)32-22(31)24-13-12-19(29)27-28-20(30)16-10-8-15(9-11-16)14-33-21-25-17-6-4-5-7-18(17)26-21/h4-11H,12-14H2,1-3H3,(H,24,31)(H,25,26)(H,27,29)(H,28,30). The average molecular weight is 470 g/mol. The van der Waals surface area contributed by atoms with Crippen molar-refractivity contribution >= 4 is 40.7 Å². The van der Waals surface area contributed by atoms with Gasteiger partial charge < -0.3 is 15.0 Å². The number of hydrogen-bond acceptors (Lipinski definition) is 6. The highest BCUT2D eigenvalue weighted by Gasteiger charge is 2.16. The Kier molecular flexibility index (Phi) is 7.94. The number of amides is 3. The number of alkyl carbamates (subject to hydrolysis) is 1. The van der Waals surface area contributed by atoms with Crippen LogP contribution in [0.2, 0.25) is 0 Å². The maximum Gasteiger partial charge on any atom is 0.407 e. The Bertz CT molecular complexity index is 1090. The molecule has 3 rings (SSSR count). The number of fused-ring (bicyclic) bond motifs is 1. The number of para-hydroxylation sites is 2. The molecule has 3 aromatic rings. The van der Waals surface area contributed by atoms with Gasteiger partial charge in [0, 0.05) is 24.3 Å². The highest BCUT2D eigenvalue weighted by molar-refractivity contribution is 7.98. The second kappa shape index (κ2) is 10.9. The van der Waals surface area contributed by atoms with Crippen LogP contribution in [0.1, 0.15) is 43.1 Å². The summed E-state index contributed by atoms with van der Waals surface area (Å²) < 4.78 is 5.08. The molecule has 1 heterocycles. The first-order chi connectivity index (χ1) is 15.7. The molecule has 0 saturated heterocycles. The van der Waals surface area contributed by atoms with Crippen LogP contribution in [0.15, 0.2) is 53.7 Å². The van der Waals surface area contributed by atoms with E-state index in [-0.39, 0.29) is 13.0 Å². The summed E-state index contributed by atoms with van der Waals surface area (Å²) in [5.74, 6) is -0.165. The molecule has 0 aliphatic heterocycles. The second-order valence-electron chi connectivity index (χ2n) is 8.23. The molecule has 0 bridgehead atoms. The van der Waals surface area contributed by atoms with Gasteiger partial charge in [-0.1, -0.05) is 36.0 Å². The number of aromatic nitrogens is 2. The molecule has 0 atom stereocenters. The number of hydrogen-bond donors (Lipinski definition) is 4. The molecule has 0 radical (unpaired) electrons. The third kappa shape index (κ3) is 7.83. The van der Waals surface area contributed by atoms with E-state index in [4.69, 9.17) is 4.74 Å². The summed E-state index contributed by atoms with van der Waals surface area (Å²) in [6.45, 7) is 5.34. The third-order valence-electron chi connectivity index (χ3n) is 4.30. The second-order valence-corrected chi connectivity index (χ2v) is 9.19. The van der Waals surface area contributed by atoms with Crippen molar-refractivity contribution in [3.05, 3.63) is 59.7 Å². The normalized spacial score (nSPS) is 11.1. The Balaban J connectivity index is 1.38. The average Bonchev–Trinajstić information content (AvgIpc) is 3.18. The molecule has 0 spiro atoms. The van der Waals surface area contributed by atoms with E-state index in [0.29, 0.717) is 11.3 Å². The number of carbonyl (C=O) groups is 3. The van der Waals surface area contributed by atoms with E-state index in [1.54, 1.807) is 44.7 Å². The van der Waals surface area contributed by atoms with E-state index >= 15 is 0 Å². The summed E-state index contributed by atoms with van der Waals surface area (Å²) in [5.41, 5.74) is 7.46. The van der Waals surface area contributed by atoms with Gasteiger partial charge >= 0.3 is 6.09 Å². The third-order valence-corrected chi connectivity index (χ3v) is 5.24. The minimum absolute atomic E-state index is 0.00251. The molecular formula is C23H27N5O4S. The van der Waals surface area contributed by atoms with Gasteiger partial charge in [0.15, 0.2) is 5.16 Å². The van der Waals surface area contributed by atoms with Crippen LogP contribution < -0.4 is 16.2 Å². The molecule has 0 aliphatic carbocycles. The molecule has 0 aliphatic rings. The maximum atomic E-state index is 12.2. The Labute approximate surface area is 196 Å². The zero-order chi connectivity index (χ0) is 23.8. The fraction of sp³-hybridized carbons (Fsp3) is 0.304. The summed E-state index contributed by atoms with van der Waals surface area (Å²) in [5, 5.41) is 3.32. The van der Waals surface area contributed by atoms with Crippen LogP contribution in [0.4, 0.5) is 4.79 Å². The molecule has 3 amide bonds. The number of ether oxygens (including phenoxy) is 1. The fourth-order valence-electron chi connectivity index (χ4n) is 2.76. The zero-order valence-corrected chi connectivity index (χ0v) is 19.5. The first-order valence-electron chi connectivity index (χ1n) is 10.4. The van der Waals surface area contributed by atoms with Crippen LogP contribution >= 0.6 is 11.8 Å². The minimum atomic E-state index is -0.609. The van der Waals surface area contributed by atoms with Gasteiger partial charge in [0.1, 0.15) is 5.60 Å². The van der Waals surface area contributed by atoms with Crippen LogP contribution in [-0.4, -0.2) is 40.0 Å². The van der Waals surface area contributed by atoms with E-state index in [0.717, 1.165) is 21.8 Å². The van der Waals surface area contributed by atoms with Gasteiger partial charge in [-0.05, 0) is 50.6 Å². The lowest BCUT2D eigenvalue weighted by atomic mass is 10.1. The number of imidazole rings is 1. The number of aromatic amines is 1. The van der Waals surface area contributed by atoms with Crippen LogP contribution in [0.5, 0.6) is 0 Å². The van der Waals surface area contributed by atoms with E-state index < -0.39 is 23.5 Å². The van der Waals surface area contributed by atoms with Gasteiger partial charge in [0.05, 0.1) is 11.0 Å². The largest absolute Gasteiger partial charge is 0.444 e. The van der Waals surface area contributed by atoms with Crippen molar-refractivity contribution in [2.24, 2.45) is 0 Å². The zero-order valence-electron chi connectivity index (χ0n) is 18.7. The summed E-state index contributed by atoms with van der Waals surface area (Å²) in [6, 6.07) is 15.0. The minimum Gasteiger partial charge on any atom is -0.444 e. The van der Waals surface area contributed by atoms with E-state index in [2.05, 4.69) is 26.1 Å². The lowest BCUT2D eigenvalue weighted by molar-refractivity contribution is -0.121. The predicted octanol–water partition coefficient (Wildman–Crippen LogP) is 3.53. The monoisotopic (exact) mass is 469 g/mol. The Morgan fingerprint density at radius 1 is 1.03 bits per heavy atom. The van der Waals surface area contributed by atoms with Crippen molar-refractivity contribution in [1.82, 2.24) is 26.1 Å². The van der Waals surface area contributed by atoms with Crippen molar-refractivity contribution in [2.75, 3.05) is 6.54 Å². The molecule has 4 N–H and O–H groups in total. The topological polar surface area (TPSA) is 125 Å². The quantitative estimate of drug-likeness (QED) is 0.310. The van der Waals surface area contributed by atoms with Gasteiger partial charge in [-0.15, -0.1) is 0 Å². The molecule has 174 valence electrons. The maximum absolute atomic E-state index is 12.2. The molecule has 0 fully saturated rings. The van der Waals surface area contributed by atoms with Crippen molar-refractivity contribution in [3.63, 3.8) is 0 Å². The lowest BCUT2D eigenvalue weighted by Crippen LogP contribution is -2.43. The summed E-state index contributed by atoms with van der Waals surface area (Å²) >= 11 is 1.58. The van der Waals surface area contributed by atoms with Crippen LogP contribution in [0.25, 0.3) is 11.0 Å². The number of nitrogens with zero attached hydrogens (tertiary/aromatic N) is 1. The van der Waals surface area contributed by atoms with Crippen molar-refractivity contribution < 1.29 is 19.1 Å². The molecule has 1 aromatic heterocycles. The molecule has 33 heavy (non-hydrogen) atoms. The smallest absolute Gasteiger partial charge is 0.407 e. The van der Waals surface area contributed by atoms with E-state index in [9.17, 15) is 14.4 Å². The molecule has 9 nitrogen and oxygen atoms in total. The van der Waals surface area contributed by atoms with Crippen LogP contribution in [0, 0.1) is 0 Å². The van der Waals surface area contributed by atoms with E-state index in [1.165, 1.54) is 0 Å². The Hall–Kier alpha value is -3.53. The Morgan fingerprint density at radius 2 is 1.76 bits per heavy atom.